The van der Waals surface area contributed by atoms with Gasteiger partial charge in [-0.2, -0.15) is 0 Å². The molecule has 1 atom stereocenters. The molecule has 1 heterocycles. The third-order valence-electron chi connectivity index (χ3n) is 1.67. The Bertz CT molecular complexity index is 228. The van der Waals surface area contributed by atoms with Crippen LogP contribution in [-0.2, 0) is 7.05 Å². The van der Waals surface area contributed by atoms with E-state index in [1.807, 2.05) is 18.5 Å². The van der Waals surface area contributed by atoms with Crippen LogP contribution in [0.25, 0.3) is 0 Å². The highest BCUT2D eigenvalue weighted by molar-refractivity contribution is 5.12. The number of aliphatic hydroxyl groups is 1. The second kappa shape index (κ2) is 2.42. The average Bonchev–Trinajstić information content (AvgIpc) is 2.14. The number of imidazole rings is 1. The standard InChI is InChI=1S/C7H12N2O/c1-5-7(6(2)10)8-4-9(5)3/h4,6,10H,1-3H3. The quantitative estimate of drug-likeness (QED) is 0.626. The van der Waals surface area contributed by atoms with Crippen molar-refractivity contribution in [3.63, 3.8) is 0 Å². The van der Waals surface area contributed by atoms with Gasteiger partial charge in [0.05, 0.1) is 18.1 Å². The third-order valence-corrected chi connectivity index (χ3v) is 1.67. The molecule has 1 unspecified atom stereocenters. The highest BCUT2D eigenvalue weighted by Crippen LogP contribution is 2.12. The minimum atomic E-state index is -0.457. The molecular formula is C7H12N2O. The van der Waals surface area contributed by atoms with Crippen molar-refractivity contribution in [3.8, 4) is 0 Å². The van der Waals surface area contributed by atoms with Crippen LogP contribution in [0, 0.1) is 6.92 Å². The Morgan fingerprint density at radius 1 is 1.70 bits per heavy atom. The summed E-state index contributed by atoms with van der Waals surface area (Å²) in [4.78, 5) is 4.03. The first-order valence-electron chi connectivity index (χ1n) is 3.29. The van der Waals surface area contributed by atoms with E-state index in [9.17, 15) is 0 Å². The van der Waals surface area contributed by atoms with Gasteiger partial charge in [0, 0.05) is 12.7 Å². The number of aliphatic hydroxyl groups excluding tert-OH is 1. The van der Waals surface area contributed by atoms with Crippen LogP contribution in [0.1, 0.15) is 24.4 Å². The summed E-state index contributed by atoms with van der Waals surface area (Å²) in [5.74, 6) is 0. The van der Waals surface area contributed by atoms with Gasteiger partial charge in [-0.25, -0.2) is 4.98 Å². The fraction of sp³-hybridized carbons (Fsp3) is 0.571. The van der Waals surface area contributed by atoms with Crippen molar-refractivity contribution in [1.29, 1.82) is 0 Å². The summed E-state index contributed by atoms with van der Waals surface area (Å²) in [6, 6.07) is 0. The van der Waals surface area contributed by atoms with Crippen LogP contribution in [-0.4, -0.2) is 14.7 Å². The van der Waals surface area contributed by atoms with Crippen molar-refractivity contribution in [2.45, 2.75) is 20.0 Å². The number of rotatable bonds is 1. The lowest BCUT2D eigenvalue weighted by Crippen LogP contribution is -1.96. The summed E-state index contributed by atoms with van der Waals surface area (Å²) in [6.45, 7) is 3.66. The van der Waals surface area contributed by atoms with Gasteiger partial charge in [-0.15, -0.1) is 0 Å². The maximum Gasteiger partial charge on any atom is 0.0950 e. The second-order valence-electron chi connectivity index (χ2n) is 2.50. The van der Waals surface area contributed by atoms with Gasteiger partial charge in [0.1, 0.15) is 0 Å². The third kappa shape index (κ3) is 1.04. The van der Waals surface area contributed by atoms with Gasteiger partial charge < -0.3 is 9.67 Å². The highest BCUT2D eigenvalue weighted by Gasteiger charge is 2.07. The van der Waals surface area contributed by atoms with Crippen LogP contribution in [0.3, 0.4) is 0 Å². The molecule has 56 valence electrons. The van der Waals surface area contributed by atoms with E-state index in [2.05, 4.69) is 4.98 Å². The Labute approximate surface area is 60.3 Å². The van der Waals surface area contributed by atoms with Crippen LogP contribution in [0.4, 0.5) is 0 Å². The molecule has 0 amide bonds. The summed E-state index contributed by atoms with van der Waals surface area (Å²) in [6.07, 6.45) is 1.25. The van der Waals surface area contributed by atoms with E-state index in [4.69, 9.17) is 5.11 Å². The predicted molar refractivity (Wildman–Crippen MR) is 38.6 cm³/mol. The molecule has 0 bridgehead atoms. The van der Waals surface area contributed by atoms with E-state index in [-0.39, 0.29) is 0 Å². The predicted octanol–water partition coefficient (Wildman–Crippen LogP) is 0.782. The van der Waals surface area contributed by atoms with Crippen molar-refractivity contribution >= 4 is 0 Å². The van der Waals surface area contributed by atoms with Crippen LogP contribution in [0.15, 0.2) is 6.33 Å². The summed E-state index contributed by atoms with van der Waals surface area (Å²) >= 11 is 0. The van der Waals surface area contributed by atoms with Gasteiger partial charge in [0.25, 0.3) is 0 Å². The molecule has 1 aromatic heterocycles. The Morgan fingerprint density at radius 2 is 2.30 bits per heavy atom. The molecule has 1 aromatic rings. The number of aromatic nitrogens is 2. The zero-order chi connectivity index (χ0) is 7.72. The van der Waals surface area contributed by atoms with E-state index in [1.165, 1.54) is 0 Å². The molecule has 0 aliphatic rings. The first-order chi connectivity index (χ1) is 4.63. The Morgan fingerprint density at radius 3 is 2.50 bits per heavy atom. The first-order valence-corrected chi connectivity index (χ1v) is 3.29. The van der Waals surface area contributed by atoms with E-state index in [0.717, 1.165) is 11.4 Å². The zero-order valence-corrected chi connectivity index (χ0v) is 6.50. The fourth-order valence-corrected chi connectivity index (χ4v) is 0.920. The number of hydrogen-bond acceptors (Lipinski definition) is 2. The van der Waals surface area contributed by atoms with Gasteiger partial charge >= 0.3 is 0 Å². The SMILES string of the molecule is Cc1c(C(C)O)ncn1C. The van der Waals surface area contributed by atoms with Gasteiger partial charge in [-0.1, -0.05) is 0 Å². The van der Waals surface area contributed by atoms with E-state index in [1.54, 1.807) is 13.3 Å². The minimum absolute atomic E-state index is 0.457. The molecule has 0 aliphatic heterocycles. The molecule has 0 aliphatic carbocycles. The lowest BCUT2D eigenvalue weighted by atomic mass is 10.2. The monoisotopic (exact) mass is 140 g/mol. The summed E-state index contributed by atoms with van der Waals surface area (Å²) in [5.41, 5.74) is 1.79. The molecule has 0 radical (unpaired) electrons. The Hall–Kier alpha value is -0.830. The van der Waals surface area contributed by atoms with E-state index >= 15 is 0 Å². The Balaban J connectivity index is 3.05. The minimum Gasteiger partial charge on any atom is -0.387 e. The van der Waals surface area contributed by atoms with Crippen molar-refractivity contribution in [2.24, 2.45) is 7.05 Å². The van der Waals surface area contributed by atoms with Gasteiger partial charge in [-0.05, 0) is 13.8 Å². The van der Waals surface area contributed by atoms with Crippen LogP contribution in [0.5, 0.6) is 0 Å². The molecule has 3 heteroatoms. The maximum atomic E-state index is 9.14. The van der Waals surface area contributed by atoms with E-state index in [0.29, 0.717) is 0 Å². The molecule has 0 saturated carbocycles. The van der Waals surface area contributed by atoms with Gasteiger partial charge in [0.15, 0.2) is 0 Å². The molecule has 10 heavy (non-hydrogen) atoms. The first kappa shape index (κ1) is 7.28. The molecular weight excluding hydrogens is 128 g/mol. The second-order valence-corrected chi connectivity index (χ2v) is 2.50. The zero-order valence-electron chi connectivity index (χ0n) is 6.50. The lowest BCUT2D eigenvalue weighted by molar-refractivity contribution is 0.194. The normalized spacial score (nSPS) is 13.6. The van der Waals surface area contributed by atoms with Crippen LogP contribution in [0.2, 0.25) is 0 Å². The number of nitrogens with zero attached hydrogens (tertiary/aromatic N) is 2. The smallest absolute Gasteiger partial charge is 0.0950 e. The molecule has 1 rings (SSSR count). The summed E-state index contributed by atoms with van der Waals surface area (Å²) in [5, 5.41) is 9.14. The van der Waals surface area contributed by atoms with Crippen molar-refractivity contribution < 1.29 is 5.11 Å². The summed E-state index contributed by atoms with van der Waals surface area (Å²) < 4.78 is 1.89. The molecule has 3 nitrogen and oxygen atoms in total. The van der Waals surface area contributed by atoms with Crippen molar-refractivity contribution in [1.82, 2.24) is 9.55 Å². The fourth-order valence-electron chi connectivity index (χ4n) is 0.920. The molecule has 1 N–H and O–H groups in total. The molecule has 0 saturated heterocycles. The Kier molecular flexibility index (Phi) is 1.76. The molecule has 0 fully saturated rings. The van der Waals surface area contributed by atoms with Crippen molar-refractivity contribution in [3.05, 3.63) is 17.7 Å². The topological polar surface area (TPSA) is 38.1 Å². The van der Waals surface area contributed by atoms with Crippen LogP contribution >= 0.6 is 0 Å². The molecule has 0 spiro atoms. The largest absolute Gasteiger partial charge is 0.387 e. The molecule has 0 aromatic carbocycles. The van der Waals surface area contributed by atoms with Crippen molar-refractivity contribution in [2.75, 3.05) is 0 Å². The average molecular weight is 140 g/mol. The number of aryl methyl sites for hydroxylation is 1. The van der Waals surface area contributed by atoms with Gasteiger partial charge in [-0.3, -0.25) is 0 Å². The van der Waals surface area contributed by atoms with Gasteiger partial charge in [0.2, 0.25) is 0 Å². The maximum absolute atomic E-state index is 9.14. The van der Waals surface area contributed by atoms with E-state index < -0.39 is 6.10 Å². The summed E-state index contributed by atoms with van der Waals surface area (Å²) in [7, 11) is 1.91. The number of hydrogen-bond donors (Lipinski definition) is 1. The highest BCUT2D eigenvalue weighted by atomic mass is 16.3. The lowest BCUT2D eigenvalue weighted by Gasteiger charge is -2.01. The van der Waals surface area contributed by atoms with Crippen LogP contribution < -0.4 is 0 Å².